The average Bonchev–Trinajstić information content (AvgIpc) is 3.41. The van der Waals surface area contributed by atoms with Crippen molar-refractivity contribution in [1.29, 1.82) is 0 Å². The van der Waals surface area contributed by atoms with Crippen LogP contribution in [0.15, 0.2) is 23.8 Å². The maximum absolute atomic E-state index is 12.4. The van der Waals surface area contributed by atoms with Crippen molar-refractivity contribution in [2.75, 3.05) is 19.4 Å². The number of imidazole rings is 1. The lowest BCUT2D eigenvalue weighted by Crippen LogP contribution is -2.45. The summed E-state index contributed by atoms with van der Waals surface area (Å²) in [6, 6.07) is 3.47. The first-order valence-corrected chi connectivity index (χ1v) is 10.9. The van der Waals surface area contributed by atoms with Crippen LogP contribution in [0.25, 0.3) is 11.2 Å². The lowest BCUT2D eigenvalue weighted by Gasteiger charge is -2.25. The van der Waals surface area contributed by atoms with Crippen LogP contribution in [0.2, 0.25) is 0 Å². The SMILES string of the molecule is CNC(=O)C12CC1[C@H]1[C@@H](n3cnc4c(NC)nc(C#Cc5cccs5)nc43)[C@@]1(O)[C@@H]2O. The van der Waals surface area contributed by atoms with Gasteiger partial charge in [0.15, 0.2) is 17.0 Å². The monoisotopic (exact) mass is 436 g/mol. The number of nitrogens with one attached hydrogen (secondary N) is 2. The molecule has 3 aliphatic carbocycles. The molecule has 2 unspecified atom stereocenters. The lowest BCUT2D eigenvalue weighted by atomic mass is 9.93. The van der Waals surface area contributed by atoms with E-state index in [0.29, 0.717) is 29.2 Å². The molecule has 31 heavy (non-hydrogen) atoms. The summed E-state index contributed by atoms with van der Waals surface area (Å²) in [4.78, 5) is 26.8. The molecular formula is C21H20N6O3S. The summed E-state index contributed by atoms with van der Waals surface area (Å²) in [5.74, 6) is 6.47. The topological polar surface area (TPSA) is 125 Å². The number of carbonyl (C=O) groups excluding carboxylic acids is 1. The molecule has 9 nitrogen and oxygen atoms in total. The van der Waals surface area contributed by atoms with Crippen molar-refractivity contribution in [2.45, 2.75) is 24.2 Å². The van der Waals surface area contributed by atoms with Crippen molar-refractivity contribution < 1.29 is 15.0 Å². The lowest BCUT2D eigenvalue weighted by molar-refractivity contribution is -0.134. The Morgan fingerprint density at radius 1 is 1.35 bits per heavy atom. The standard InChI is InChI=1S/C21H20N6O3S/c1-22-16-14-17(26-12(25-16)6-5-10-4-3-7-31-10)27(9-24-14)15-13-11-8-20(11,19(29)23-2)18(28)21(13,15)30/h3-4,7,9,11,13,15,18,28,30H,8H2,1-2H3,(H,23,29)(H,22,25,26)/t11?,13-,15+,18+,20?,21+/m0/s1. The third-order valence-electron chi connectivity index (χ3n) is 7.08. The van der Waals surface area contributed by atoms with Gasteiger partial charge in [0.25, 0.3) is 0 Å². The Bertz CT molecular complexity index is 1290. The molecule has 6 atom stereocenters. The number of aliphatic hydroxyl groups is 2. The van der Waals surface area contributed by atoms with Crippen molar-refractivity contribution in [3.63, 3.8) is 0 Å². The predicted octanol–water partition coefficient (Wildman–Crippen LogP) is 0.358. The fourth-order valence-corrected chi connectivity index (χ4v) is 6.17. The Kier molecular flexibility index (Phi) is 3.65. The van der Waals surface area contributed by atoms with Crippen molar-refractivity contribution in [3.05, 3.63) is 34.5 Å². The Morgan fingerprint density at radius 2 is 2.19 bits per heavy atom. The van der Waals surface area contributed by atoms with Crippen LogP contribution in [-0.2, 0) is 4.79 Å². The number of anilines is 1. The normalized spacial score (nSPS) is 34.5. The van der Waals surface area contributed by atoms with Crippen molar-refractivity contribution >= 4 is 34.2 Å². The van der Waals surface area contributed by atoms with Gasteiger partial charge >= 0.3 is 0 Å². The summed E-state index contributed by atoms with van der Waals surface area (Å²) in [6.45, 7) is 0. The molecule has 0 saturated heterocycles. The Balaban J connectivity index is 1.40. The maximum atomic E-state index is 12.4. The molecule has 3 fully saturated rings. The first kappa shape index (κ1) is 18.7. The van der Waals surface area contributed by atoms with Gasteiger partial charge in [-0.2, -0.15) is 0 Å². The second-order valence-corrected chi connectivity index (χ2v) is 9.34. The van der Waals surface area contributed by atoms with Crippen LogP contribution < -0.4 is 10.6 Å². The highest BCUT2D eigenvalue weighted by Gasteiger charge is 2.91. The van der Waals surface area contributed by atoms with Crippen LogP contribution in [0.1, 0.15) is 23.2 Å². The molecule has 3 aliphatic rings. The van der Waals surface area contributed by atoms with Gasteiger partial charge in [-0.3, -0.25) is 4.79 Å². The highest BCUT2D eigenvalue weighted by Crippen LogP contribution is 2.82. The van der Waals surface area contributed by atoms with E-state index < -0.39 is 23.2 Å². The van der Waals surface area contributed by atoms with E-state index >= 15 is 0 Å². The molecule has 1 amide bonds. The van der Waals surface area contributed by atoms with Crippen LogP contribution >= 0.6 is 11.3 Å². The van der Waals surface area contributed by atoms with Crippen molar-refractivity contribution in [3.8, 4) is 11.8 Å². The Hall–Kier alpha value is -3.00. The molecule has 4 N–H and O–H groups in total. The van der Waals surface area contributed by atoms with E-state index in [-0.39, 0.29) is 17.7 Å². The predicted molar refractivity (Wildman–Crippen MR) is 113 cm³/mol. The minimum absolute atomic E-state index is 0.0569. The highest BCUT2D eigenvalue weighted by atomic mass is 32.1. The van der Waals surface area contributed by atoms with Gasteiger partial charge < -0.3 is 25.4 Å². The summed E-state index contributed by atoms with van der Waals surface area (Å²) in [6.07, 6.45) is 1.08. The van der Waals surface area contributed by atoms with Gasteiger partial charge in [0, 0.05) is 20.0 Å². The molecule has 158 valence electrons. The minimum Gasteiger partial charge on any atom is -0.389 e. The van der Waals surface area contributed by atoms with Gasteiger partial charge in [-0.25, -0.2) is 15.0 Å². The maximum Gasteiger partial charge on any atom is 0.229 e. The fourth-order valence-electron chi connectivity index (χ4n) is 5.60. The van der Waals surface area contributed by atoms with E-state index in [0.717, 1.165) is 4.88 Å². The van der Waals surface area contributed by atoms with Crippen molar-refractivity contribution in [1.82, 2.24) is 24.8 Å². The molecule has 0 aromatic carbocycles. The van der Waals surface area contributed by atoms with Gasteiger partial charge in [-0.1, -0.05) is 6.07 Å². The fraction of sp³-hybridized carbons (Fsp3) is 0.429. The third kappa shape index (κ3) is 2.23. The molecule has 3 heterocycles. The van der Waals surface area contributed by atoms with E-state index in [1.807, 2.05) is 17.5 Å². The summed E-state index contributed by atoms with van der Waals surface area (Å²) in [5, 5.41) is 29.9. The van der Waals surface area contributed by atoms with Gasteiger partial charge in [-0.15, -0.1) is 11.3 Å². The first-order chi connectivity index (χ1) is 15.0. The molecular weight excluding hydrogens is 416 g/mol. The van der Waals surface area contributed by atoms with E-state index in [1.165, 1.54) is 11.3 Å². The van der Waals surface area contributed by atoms with Crippen LogP contribution in [-0.4, -0.2) is 61.4 Å². The molecule has 10 heteroatoms. The summed E-state index contributed by atoms with van der Waals surface area (Å²) in [5.41, 5.74) is -1.12. The van der Waals surface area contributed by atoms with Gasteiger partial charge in [0.1, 0.15) is 5.60 Å². The number of hydrogen-bond donors (Lipinski definition) is 4. The average molecular weight is 436 g/mol. The molecule has 3 saturated carbocycles. The highest BCUT2D eigenvalue weighted by molar-refractivity contribution is 7.10. The number of aliphatic hydroxyl groups excluding tert-OH is 1. The number of amides is 1. The number of hydrogen-bond acceptors (Lipinski definition) is 8. The van der Waals surface area contributed by atoms with Crippen LogP contribution in [0, 0.1) is 29.1 Å². The molecule has 0 aliphatic heterocycles. The quantitative estimate of drug-likeness (QED) is 0.437. The molecule has 0 spiro atoms. The zero-order valence-corrected chi connectivity index (χ0v) is 17.6. The first-order valence-electron chi connectivity index (χ1n) is 10.1. The second-order valence-electron chi connectivity index (χ2n) is 8.39. The Morgan fingerprint density at radius 3 is 2.84 bits per heavy atom. The van der Waals surface area contributed by atoms with E-state index in [9.17, 15) is 15.0 Å². The second kappa shape index (κ2) is 6.03. The van der Waals surface area contributed by atoms with Gasteiger partial charge in [-0.05, 0) is 35.6 Å². The summed E-state index contributed by atoms with van der Waals surface area (Å²) < 4.78 is 1.80. The zero-order valence-electron chi connectivity index (χ0n) is 16.8. The summed E-state index contributed by atoms with van der Waals surface area (Å²) in [7, 11) is 3.31. The zero-order chi connectivity index (χ0) is 21.5. The van der Waals surface area contributed by atoms with Crippen LogP contribution in [0.5, 0.6) is 0 Å². The molecule has 3 aromatic heterocycles. The number of thiophene rings is 1. The summed E-state index contributed by atoms with van der Waals surface area (Å²) >= 11 is 1.54. The Labute approximate surface area is 181 Å². The number of nitrogens with zero attached hydrogens (tertiary/aromatic N) is 4. The molecule has 6 rings (SSSR count). The number of rotatable bonds is 3. The largest absolute Gasteiger partial charge is 0.389 e. The number of fused-ring (bicyclic) bond motifs is 4. The number of aromatic nitrogens is 4. The smallest absolute Gasteiger partial charge is 0.229 e. The van der Waals surface area contributed by atoms with Crippen LogP contribution in [0.4, 0.5) is 5.82 Å². The molecule has 0 bridgehead atoms. The third-order valence-corrected chi connectivity index (χ3v) is 7.87. The van der Waals surface area contributed by atoms with Crippen LogP contribution in [0.3, 0.4) is 0 Å². The minimum atomic E-state index is -1.36. The molecule has 0 radical (unpaired) electrons. The number of carbonyl (C=O) groups is 1. The van der Waals surface area contributed by atoms with Gasteiger partial charge in [0.2, 0.25) is 11.7 Å². The molecule has 3 aromatic rings. The van der Waals surface area contributed by atoms with E-state index in [2.05, 4.69) is 37.4 Å². The van der Waals surface area contributed by atoms with Gasteiger partial charge in [0.05, 0.1) is 28.8 Å². The van der Waals surface area contributed by atoms with E-state index in [1.54, 1.807) is 25.0 Å². The van der Waals surface area contributed by atoms with E-state index in [4.69, 9.17) is 0 Å². The van der Waals surface area contributed by atoms with Crippen molar-refractivity contribution in [2.24, 2.45) is 17.3 Å².